The Morgan fingerprint density at radius 2 is 1.74 bits per heavy atom. The Morgan fingerprint density at radius 3 is 2.40 bits per heavy atom. The normalized spacial score (nSPS) is 20.2. The number of piperidine rings is 1. The molecule has 0 saturated carbocycles. The van der Waals surface area contributed by atoms with E-state index in [1.54, 1.807) is 11.3 Å². The number of nitrogens with one attached hydrogen (secondary N) is 3. The number of amides is 3. The van der Waals surface area contributed by atoms with Crippen molar-refractivity contribution in [3.05, 3.63) is 41.0 Å². The Kier molecular flexibility index (Phi) is 13.7. The number of carbonyl (C=O) groups excluding carboxylic acids is 3. The van der Waals surface area contributed by atoms with Crippen LogP contribution < -0.4 is 16.0 Å². The van der Waals surface area contributed by atoms with Crippen molar-refractivity contribution in [2.24, 2.45) is 5.41 Å². The van der Waals surface area contributed by atoms with Crippen molar-refractivity contribution in [3.8, 4) is 10.4 Å². The average molecular weight is 674 g/mol. The monoisotopic (exact) mass is 673 g/mol. The lowest BCUT2D eigenvalue weighted by atomic mass is 9.85. The molecule has 3 heterocycles. The Hall–Kier alpha value is -2.94. The van der Waals surface area contributed by atoms with Crippen LogP contribution >= 0.6 is 11.3 Å². The number of aryl methyl sites for hydroxylation is 1. The SMILES string of the molecule is Cc1ncsc1-c1ccc([C@H](C)NC(=O)C2CC(O)CN2C(=O)[C@@H](NC(=O)COCCOCCOC2CCNCC2)C(C)(C)C)cc1. The van der Waals surface area contributed by atoms with Gasteiger partial charge in [0.05, 0.1) is 60.8 Å². The van der Waals surface area contributed by atoms with E-state index in [4.69, 9.17) is 14.2 Å². The summed E-state index contributed by atoms with van der Waals surface area (Å²) in [5.41, 5.74) is 4.10. The smallest absolute Gasteiger partial charge is 0.246 e. The molecule has 0 bridgehead atoms. The molecule has 2 fully saturated rings. The predicted molar refractivity (Wildman–Crippen MR) is 180 cm³/mol. The first kappa shape index (κ1) is 36.9. The lowest BCUT2D eigenvalue weighted by Gasteiger charge is -2.35. The highest BCUT2D eigenvalue weighted by atomic mass is 32.1. The van der Waals surface area contributed by atoms with E-state index in [2.05, 4.69) is 20.9 Å². The second-order valence-electron chi connectivity index (χ2n) is 13.4. The maximum atomic E-state index is 13.9. The van der Waals surface area contributed by atoms with Crippen LogP contribution in [0.4, 0.5) is 0 Å². The number of benzene rings is 1. The number of aliphatic hydroxyl groups is 1. The molecule has 4 rings (SSSR count). The molecule has 4 N–H and O–H groups in total. The molecule has 3 amide bonds. The summed E-state index contributed by atoms with van der Waals surface area (Å²) >= 11 is 1.58. The number of β-amino-alcohol motifs (C(OH)–C–C–N with tert-alkyl or cyclic N) is 1. The molecule has 0 radical (unpaired) electrons. The van der Waals surface area contributed by atoms with Gasteiger partial charge in [-0.15, -0.1) is 11.3 Å². The van der Waals surface area contributed by atoms with Crippen molar-refractivity contribution >= 4 is 29.1 Å². The van der Waals surface area contributed by atoms with Crippen LogP contribution in [0.3, 0.4) is 0 Å². The second kappa shape index (κ2) is 17.5. The number of hydrogen-bond acceptors (Lipinski definition) is 10. The lowest BCUT2D eigenvalue weighted by Crippen LogP contribution is -2.58. The van der Waals surface area contributed by atoms with E-state index in [0.29, 0.717) is 19.8 Å². The van der Waals surface area contributed by atoms with E-state index in [-0.39, 0.29) is 44.2 Å². The Bertz CT molecular complexity index is 1310. The number of nitrogens with zero attached hydrogens (tertiary/aromatic N) is 2. The molecule has 1 aromatic heterocycles. The third-order valence-electron chi connectivity index (χ3n) is 8.53. The molecule has 2 aliphatic heterocycles. The third-order valence-corrected chi connectivity index (χ3v) is 9.51. The summed E-state index contributed by atoms with van der Waals surface area (Å²) in [6.07, 6.45) is 1.55. The maximum Gasteiger partial charge on any atom is 0.246 e. The highest BCUT2D eigenvalue weighted by Crippen LogP contribution is 2.29. The zero-order valence-electron chi connectivity index (χ0n) is 28.3. The van der Waals surface area contributed by atoms with Crippen LogP contribution in [0.15, 0.2) is 29.8 Å². The number of likely N-dealkylation sites (tertiary alicyclic amines) is 1. The molecule has 2 aliphatic rings. The minimum Gasteiger partial charge on any atom is -0.391 e. The predicted octanol–water partition coefficient (Wildman–Crippen LogP) is 2.59. The van der Waals surface area contributed by atoms with Crippen molar-refractivity contribution in [1.82, 2.24) is 25.8 Å². The number of ether oxygens (including phenoxy) is 3. The summed E-state index contributed by atoms with van der Waals surface area (Å²) in [7, 11) is 0. The van der Waals surface area contributed by atoms with Crippen molar-refractivity contribution in [2.75, 3.05) is 52.7 Å². The molecule has 0 aliphatic carbocycles. The zero-order chi connectivity index (χ0) is 34.0. The van der Waals surface area contributed by atoms with Gasteiger partial charge in [-0.3, -0.25) is 14.4 Å². The number of aromatic nitrogens is 1. The van der Waals surface area contributed by atoms with E-state index in [9.17, 15) is 19.5 Å². The number of carbonyl (C=O) groups is 3. The summed E-state index contributed by atoms with van der Waals surface area (Å²) in [6, 6.07) is 5.83. The molecule has 2 saturated heterocycles. The second-order valence-corrected chi connectivity index (χ2v) is 14.2. The lowest BCUT2D eigenvalue weighted by molar-refractivity contribution is -0.144. The van der Waals surface area contributed by atoms with E-state index in [1.165, 1.54) is 4.90 Å². The summed E-state index contributed by atoms with van der Waals surface area (Å²) in [5, 5.41) is 19.6. The fraction of sp³-hybridized carbons (Fsp3) is 0.647. The number of rotatable bonds is 15. The van der Waals surface area contributed by atoms with Crippen LogP contribution in [0.25, 0.3) is 10.4 Å². The fourth-order valence-electron chi connectivity index (χ4n) is 5.84. The van der Waals surface area contributed by atoms with Crippen LogP contribution in [0.2, 0.25) is 0 Å². The van der Waals surface area contributed by atoms with E-state index >= 15 is 0 Å². The fourth-order valence-corrected chi connectivity index (χ4v) is 6.65. The van der Waals surface area contributed by atoms with E-state index < -0.39 is 35.4 Å². The van der Waals surface area contributed by atoms with Gasteiger partial charge in [0.15, 0.2) is 0 Å². The summed E-state index contributed by atoms with van der Waals surface area (Å²) in [5.74, 6) is -1.22. The van der Waals surface area contributed by atoms with Crippen molar-refractivity contribution in [2.45, 2.75) is 84.2 Å². The van der Waals surface area contributed by atoms with Gasteiger partial charge in [0.1, 0.15) is 18.7 Å². The van der Waals surface area contributed by atoms with Gasteiger partial charge in [0.2, 0.25) is 17.7 Å². The molecule has 1 aromatic carbocycles. The van der Waals surface area contributed by atoms with Gasteiger partial charge in [-0.25, -0.2) is 4.98 Å². The topological polar surface area (TPSA) is 151 Å². The Morgan fingerprint density at radius 1 is 1.06 bits per heavy atom. The maximum absolute atomic E-state index is 13.9. The van der Waals surface area contributed by atoms with E-state index in [1.807, 2.05) is 64.4 Å². The summed E-state index contributed by atoms with van der Waals surface area (Å²) < 4.78 is 16.8. The van der Waals surface area contributed by atoms with Gasteiger partial charge in [-0.2, -0.15) is 0 Å². The number of hydrogen-bond donors (Lipinski definition) is 4. The van der Waals surface area contributed by atoms with Gasteiger partial charge in [0, 0.05) is 13.0 Å². The largest absolute Gasteiger partial charge is 0.391 e. The van der Waals surface area contributed by atoms with Crippen LogP contribution in [0.5, 0.6) is 0 Å². The van der Waals surface area contributed by atoms with Gasteiger partial charge >= 0.3 is 0 Å². The molecule has 2 unspecified atom stereocenters. The molecule has 4 atom stereocenters. The van der Waals surface area contributed by atoms with Crippen LogP contribution in [-0.4, -0.2) is 110 Å². The molecule has 13 heteroatoms. The molecule has 0 spiro atoms. The summed E-state index contributed by atoms with van der Waals surface area (Å²) in [4.78, 5) is 47.0. The minimum atomic E-state index is -0.928. The van der Waals surface area contributed by atoms with Gasteiger partial charge in [-0.05, 0) is 56.3 Å². The van der Waals surface area contributed by atoms with Crippen LogP contribution in [0.1, 0.15) is 64.3 Å². The first-order valence-electron chi connectivity index (χ1n) is 16.5. The average Bonchev–Trinajstić information content (AvgIpc) is 3.66. The Labute approximate surface area is 281 Å². The molecule has 260 valence electrons. The Balaban J connectivity index is 1.25. The van der Waals surface area contributed by atoms with Crippen molar-refractivity contribution in [1.29, 1.82) is 0 Å². The standard InChI is InChI=1S/C34H51N5O7S/c1-22(24-6-8-25(9-7-24)30-23(2)36-21-47-30)37-32(42)28-18-26(40)19-39(28)33(43)31(34(3,4)5)38-29(41)20-45-15-14-44-16-17-46-27-10-12-35-13-11-27/h6-9,21-22,26-28,31,35,40H,10-20H2,1-5H3,(H,37,42)(H,38,41)/t22-,26?,28?,31+/m0/s1. The highest BCUT2D eigenvalue weighted by Gasteiger charge is 2.44. The molecule has 2 aromatic rings. The molecular formula is C34H51N5O7S. The number of thiazole rings is 1. The molecule has 12 nitrogen and oxygen atoms in total. The van der Waals surface area contributed by atoms with Gasteiger partial charge in [0.25, 0.3) is 0 Å². The van der Waals surface area contributed by atoms with Crippen LogP contribution in [-0.2, 0) is 28.6 Å². The molecular weight excluding hydrogens is 622 g/mol. The van der Waals surface area contributed by atoms with E-state index in [0.717, 1.165) is 47.6 Å². The number of aliphatic hydroxyl groups excluding tert-OH is 1. The van der Waals surface area contributed by atoms with Crippen LogP contribution in [0, 0.1) is 12.3 Å². The zero-order valence-corrected chi connectivity index (χ0v) is 29.1. The van der Waals surface area contributed by atoms with Crippen molar-refractivity contribution in [3.63, 3.8) is 0 Å². The third kappa shape index (κ3) is 10.8. The van der Waals surface area contributed by atoms with Crippen molar-refractivity contribution < 1.29 is 33.7 Å². The minimum absolute atomic E-state index is 0.00579. The first-order valence-corrected chi connectivity index (χ1v) is 17.4. The van der Waals surface area contributed by atoms with Gasteiger partial charge in [-0.1, -0.05) is 45.0 Å². The molecule has 47 heavy (non-hydrogen) atoms. The highest BCUT2D eigenvalue weighted by molar-refractivity contribution is 7.13. The first-order chi connectivity index (χ1) is 22.4. The quantitative estimate of drug-likeness (QED) is 0.209. The van der Waals surface area contributed by atoms with Gasteiger partial charge < -0.3 is 40.2 Å². The summed E-state index contributed by atoms with van der Waals surface area (Å²) in [6.45, 7) is 12.6.